The number of nitrogens with two attached hydrogens (primary N) is 1. The third kappa shape index (κ3) is 5.35. The molecule has 7 heteroatoms. The molecular weight excluding hydrogens is 324 g/mol. The number of aromatic nitrogens is 2. The monoisotopic (exact) mass is 348 g/mol. The molecular formula is C17H24N4O2S. The highest BCUT2D eigenvalue weighted by Gasteiger charge is 2.16. The highest BCUT2D eigenvalue weighted by molar-refractivity contribution is 7.98. The van der Waals surface area contributed by atoms with Gasteiger partial charge in [0.25, 0.3) is 5.91 Å². The third-order valence-corrected chi connectivity index (χ3v) is 4.61. The van der Waals surface area contributed by atoms with Crippen LogP contribution in [0.15, 0.2) is 33.9 Å². The molecule has 0 saturated heterocycles. The number of carbonyl (C=O) groups excluding carboxylic acids is 1. The summed E-state index contributed by atoms with van der Waals surface area (Å²) in [4.78, 5) is 16.9. The number of nitrogens with one attached hydrogen (secondary N) is 1. The molecule has 0 radical (unpaired) electrons. The van der Waals surface area contributed by atoms with Crippen LogP contribution in [-0.2, 0) is 5.75 Å². The fraction of sp³-hybridized carbons (Fsp3) is 0.471. The van der Waals surface area contributed by atoms with Crippen molar-refractivity contribution in [1.82, 2.24) is 15.5 Å². The van der Waals surface area contributed by atoms with Crippen LogP contribution in [0, 0.1) is 6.92 Å². The first-order valence-electron chi connectivity index (χ1n) is 8.15. The number of hydrogen-bond acceptors (Lipinski definition) is 6. The minimum absolute atomic E-state index is 0.00584. The topological polar surface area (TPSA) is 94.0 Å². The molecule has 0 aliphatic rings. The lowest BCUT2D eigenvalue weighted by Crippen LogP contribution is -2.40. The molecule has 0 aromatic carbocycles. The Labute approximate surface area is 146 Å². The third-order valence-electron chi connectivity index (χ3n) is 3.58. The minimum atomic E-state index is -0.131. The molecule has 0 spiro atoms. The second-order valence-corrected chi connectivity index (χ2v) is 6.59. The summed E-state index contributed by atoms with van der Waals surface area (Å²) in [5.41, 5.74) is 7.16. The van der Waals surface area contributed by atoms with Crippen molar-refractivity contribution in [2.75, 3.05) is 6.54 Å². The van der Waals surface area contributed by atoms with Gasteiger partial charge in [-0.1, -0.05) is 36.7 Å². The van der Waals surface area contributed by atoms with Crippen LogP contribution in [0.2, 0.25) is 0 Å². The van der Waals surface area contributed by atoms with Gasteiger partial charge in [-0.2, -0.15) is 0 Å². The first kappa shape index (κ1) is 18.5. The predicted octanol–water partition coefficient (Wildman–Crippen LogP) is 2.92. The van der Waals surface area contributed by atoms with Gasteiger partial charge in [-0.25, -0.2) is 4.98 Å². The summed E-state index contributed by atoms with van der Waals surface area (Å²) in [6.45, 7) is 4.41. The van der Waals surface area contributed by atoms with Gasteiger partial charge in [-0.3, -0.25) is 4.79 Å². The van der Waals surface area contributed by atoms with E-state index in [2.05, 4.69) is 22.4 Å². The van der Waals surface area contributed by atoms with E-state index in [1.165, 1.54) is 11.8 Å². The van der Waals surface area contributed by atoms with Crippen molar-refractivity contribution in [3.05, 3.63) is 41.4 Å². The van der Waals surface area contributed by atoms with Crippen molar-refractivity contribution in [2.24, 2.45) is 5.73 Å². The SMILES string of the molecule is CCCCC(CN)NC(=O)c1cccnc1SCc1cc(C)on1. The Hall–Kier alpha value is -1.86. The lowest BCUT2D eigenvalue weighted by Gasteiger charge is -2.17. The van der Waals surface area contributed by atoms with Crippen LogP contribution in [0.5, 0.6) is 0 Å². The maximum atomic E-state index is 12.6. The summed E-state index contributed by atoms with van der Waals surface area (Å²) < 4.78 is 5.06. The maximum absolute atomic E-state index is 12.6. The zero-order valence-corrected chi connectivity index (χ0v) is 14.9. The molecule has 1 amide bonds. The molecule has 0 saturated carbocycles. The zero-order chi connectivity index (χ0) is 17.4. The van der Waals surface area contributed by atoms with Crippen molar-refractivity contribution in [3.63, 3.8) is 0 Å². The van der Waals surface area contributed by atoms with Gasteiger partial charge in [-0.05, 0) is 25.5 Å². The number of amides is 1. The standard InChI is InChI=1S/C17H24N4O2S/c1-3-4-6-13(10-18)20-16(22)15-7-5-8-19-17(15)24-11-14-9-12(2)23-21-14/h5,7-9,13H,3-4,6,10-11,18H2,1-2H3,(H,20,22). The minimum Gasteiger partial charge on any atom is -0.361 e. The maximum Gasteiger partial charge on any atom is 0.254 e. The second-order valence-electron chi connectivity index (χ2n) is 5.62. The molecule has 0 fully saturated rings. The molecule has 2 aromatic heterocycles. The number of hydrogen-bond donors (Lipinski definition) is 2. The van der Waals surface area contributed by atoms with E-state index in [0.29, 0.717) is 22.9 Å². The molecule has 2 heterocycles. The Kier molecular flexibility index (Phi) is 7.27. The van der Waals surface area contributed by atoms with Crippen LogP contribution < -0.4 is 11.1 Å². The fourth-order valence-electron chi connectivity index (χ4n) is 2.27. The zero-order valence-electron chi connectivity index (χ0n) is 14.1. The highest BCUT2D eigenvalue weighted by atomic mass is 32.2. The van der Waals surface area contributed by atoms with E-state index in [1.807, 2.05) is 13.0 Å². The van der Waals surface area contributed by atoms with E-state index in [9.17, 15) is 4.79 Å². The van der Waals surface area contributed by atoms with Crippen molar-refractivity contribution in [3.8, 4) is 0 Å². The van der Waals surface area contributed by atoms with Gasteiger partial charge in [-0.15, -0.1) is 0 Å². The van der Waals surface area contributed by atoms with Crippen LogP contribution in [0.4, 0.5) is 0 Å². The normalized spacial score (nSPS) is 12.1. The van der Waals surface area contributed by atoms with Gasteiger partial charge in [0.15, 0.2) is 0 Å². The molecule has 0 bridgehead atoms. The Balaban J connectivity index is 2.02. The van der Waals surface area contributed by atoms with Gasteiger partial charge < -0.3 is 15.6 Å². The number of unbranched alkanes of at least 4 members (excludes halogenated alkanes) is 1. The number of aryl methyl sites for hydroxylation is 1. The van der Waals surface area contributed by atoms with Crippen LogP contribution in [0.25, 0.3) is 0 Å². The molecule has 3 N–H and O–H groups in total. The summed E-state index contributed by atoms with van der Waals surface area (Å²) in [6.07, 6.45) is 4.70. The number of pyridine rings is 1. The van der Waals surface area contributed by atoms with E-state index in [-0.39, 0.29) is 11.9 Å². The summed E-state index contributed by atoms with van der Waals surface area (Å²) in [7, 11) is 0. The van der Waals surface area contributed by atoms with Crippen LogP contribution >= 0.6 is 11.8 Å². The Bertz CT molecular complexity index is 660. The van der Waals surface area contributed by atoms with Gasteiger partial charge in [0.1, 0.15) is 10.8 Å². The van der Waals surface area contributed by atoms with E-state index < -0.39 is 0 Å². The Morgan fingerprint density at radius 1 is 1.50 bits per heavy atom. The summed E-state index contributed by atoms with van der Waals surface area (Å²) in [5.74, 6) is 1.24. The largest absolute Gasteiger partial charge is 0.361 e. The number of rotatable bonds is 9. The Morgan fingerprint density at radius 2 is 2.33 bits per heavy atom. The highest BCUT2D eigenvalue weighted by Crippen LogP contribution is 2.24. The second kappa shape index (κ2) is 9.44. The van der Waals surface area contributed by atoms with Crippen LogP contribution in [0.3, 0.4) is 0 Å². The van der Waals surface area contributed by atoms with Gasteiger partial charge in [0, 0.05) is 30.6 Å². The molecule has 2 aromatic rings. The van der Waals surface area contributed by atoms with E-state index in [1.54, 1.807) is 18.3 Å². The number of carbonyl (C=O) groups is 1. The molecule has 24 heavy (non-hydrogen) atoms. The molecule has 1 atom stereocenters. The molecule has 6 nitrogen and oxygen atoms in total. The molecule has 0 aliphatic heterocycles. The van der Waals surface area contributed by atoms with E-state index >= 15 is 0 Å². The van der Waals surface area contributed by atoms with E-state index in [0.717, 1.165) is 30.7 Å². The van der Waals surface area contributed by atoms with Crippen molar-refractivity contribution in [1.29, 1.82) is 0 Å². The van der Waals surface area contributed by atoms with Crippen molar-refractivity contribution >= 4 is 17.7 Å². The average Bonchev–Trinajstić information content (AvgIpc) is 3.02. The lowest BCUT2D eigenvalue weighted by atomic mass is 10.1. The first-order chi connectivity index (χ1) is 11.6. The van der Waals surface area contributed by atoms with Gasteiger partial charge in [0.2, 0.25) is 0 Å². The number of thioether (sulfide) groups is 1. The summed E-state index contributed by atoms with van der Waals surface area (Å²) in [5, 5.41) is 7.65. The van der Waals surface area contributed by atoms with Crippen LogP contribution in [-0.4, -0.2) is 28.6 Å². The summed E-state index contributed by atoms with van der Waals surface area (Å²) in [6, 6.07) is 5.42. The predicted molar refractivity (Wildman–Crippen MR) is 94.9 cm³/mol. The molecule has 0 aliphatic carbocycles. The van der Waals surface area contributed by atoms with E-state index in [4.69, 9.17) is 10.3 Å². The molecule has 130 valence electrons. The van der Waals surface area contributed by atoms with Crippen molar-refractivity contribution in [2.45, 2.75) is 49.9 Å². The first-order valence-corrected chi connectivity index (χ1v) is 9.13. The fourth-order valence-corrected chi connectivity index (χ4v) is 3.14. The summed E-state index contributed by atoms with van der Waals surface area (Å²) >= 11 is 1.47. The average molecular weight is 348 g/mol. The number of nitrogens with zero attached hydrogens (tertiary/aromatic N) is 2. The van der Waals surface area contributed by atoms with Gasteiger partial charge in [0.05, 0.1) is 11.3 Å². The Morgan fingerprint density at radius 3 is 3.00 bits per heavy atom. The smallest absolute Gasteiger partial charge is 0.254 e. The lowest BCUT2D eigenvalue weighted by molar-refractivity contribution is 0.0932. The van der Waals surface area contributed by atoms with Crippen LogP contribution in [0.1, 0.15) is 48.0 Å². The molecule has 1 unspecified atom stereocenters. The van der Waals surface area contributed by atoms with Crippen molar-refractivity contribution < 1.29 is 9.32 Å². The quantitative estimate of drug-likeness (QED) is 0.677. The van der Waals surface area contributed by atoms with Gasteiger partial charge >= 0.3 is 0 Å². The molecule has 2 rings (SSSR count).